The molecule has 0 unspecified atom stereocenters. The van der Waals surface area contributed by atoms with Crippen molar-refractivity contribution < 1.29 is 0 Å². The third-order valence-electron chi connectivity index (χ3n) is 3.05. The van der Waals surface area contributed by atoms with Crippen molar-refractivity contribution in [3.05, 3.63) is 35.4 Å². The average Bonchev–Trinajstić information content (AvgIpc) is 2.34. The first-order chi connectivity index (χ1) is 8.65. The van der Waals surface area contributed by atoms with E-state index < -0.39 is 0 Å². The van der Waals surface area contributed by atoms with E-state index in [1.165, 1.54) is 30.5 Å². The lowest BCUT2D eigenvalue weighted by Crippen LogP contribution is -2.24. The highest BCUT2D eigenvalue weighted by Gasteiger charge is 2.04. The van der Waals surface area contributed by atoms with E-state index >= 15 is 0 Å². The van der Waals surface area contributed by atoms with Gasteiger partial charge in [-0.15, -0.1) is 0 Å². The van der Waals surface area contributed by atoms with Crippen molar-refractivity contribution in [2.75, 3.05) is 13.1 Å². The first kappa shape index (κ1) is 15.1. The van der Waals surface area contributed by atoms with E-state index in [4.69, 9.17) is 18.0 Å². The van der Waals surface area contributed by atoms with Gasteiger partial charge in [0, 0.05) is 13.0 Å². The zero-order valence-corrected chi connectivity index (χ0v) is 12.3. The highest BCUT2D eigenvalue weighted by molar-refractivity contribution is 7.80. The van der Waals surface area contributed by atoms with E-state index in [1.807, 2.05) is 0 Å². The molecule has 1 rings (SSSR count). The van der Waals surface area contributed by atoms with Crippen LogP contribution in [0.4, 0.5) is 0 Å². The fourth-order valence-electron chi connectivity index (χ4n) is 2.03. The summed E-state index contributed by atoms with van der Waals surface area (Å²) in [5.41, 5.74) is 8.15. The Morgan fingerprint density at radius 1 is 1.28 bits per heavy atom. The summed E-state index contributed by atoms with van der Waals surface area (Å²) in [6.07, 6.45) is 3.21. The molecule has 18 heavy (non-hydrogen) atoms. The van der Waals surface area contributed by atoms with Crippen LogP contribution in [0.3, 0.4) is 0 Å². The maximum Gasteiger partial charge on any atom is 0.0771 e. The molecule has 0 aliphatic heterocycles. The number of benzene rings is 1. The van der Waals surface area contributed by atoms with Crippen molar-refractivity contribution in [2.24, 2.45) is 5.73 Å². The quantitative estimate of drug-likeness (QED) is 0.731. The van der Waals surface area contributed by atoms with Crippen LogP contribution < -0.4 is 5.73 Å². The van der Waals surface area contributed by atoms with Crippen molar-refractivity contribution in [3.8, 4) is 0 Å². The minimum atomic E-state index is 0.561. The lowest BCUT2D eigenvalue weighted by atomic mass is 10.1. The zero-order chi connectivity index (χ0) is 13.4. The van der Waals surface area contributed by atoms with Crippen LogP contribution in [0.15, 0.2) is 24.3 Å². The largest absolute Gasteiger partial charge is 0.393 e. The van der Waals surface area contributed by atoms with Gasteiger partial charge >= 0.3 is 0 Å². The normalized spacial score (nSPS) is 10.8. The van der Waals surface area contributed by atoms with Gasteiger partial charge in [0.1, 0.15) is 0 Å². The number of unbranched alkanes of at least 4 members (excludes halogenated alkanes) is 1. The molecule has 0 radical (unpaired) electrons. The molecule has 0 bridgehead atoms. The minimum absolute atomic E-state index is 0.561. The molecular formula is C15H24N2S. The highest BCUT2D eigenvalue weighted by Crippen LogP contribution is 2.10. The summed E-state index contributed by atoms with van der Waals surface area (Å²) in [6.45, 7) is 7.74. The fourth-order valence-corrected chi connectivity index (χ4v) is 2.19. The van der Waals surface area contributed by atoms with E-state index in [2.05, 4.69) is 43.0 Å². The van der Waals surface area contributed by atoms with Gasteiger partial charge in [-0.05, 0) is 30.6 Å². The molecule has 0 saturated carbocycles. The molecule has 0 aliphatic carbocycles. The molecule has 0 amide bonds. The molecule has 0 saturated heterocycles. The maximum atomic E-state index is 5.59. The Hall–Kier alpha value is -0.930. The van der Waals surface area contributed by atoms with Crippen LogP contribution in [0.25, 0.3) is 0 Å². The summed E-state index contributed by atoms with van der Waals surface area (Å²) in [6, 6.07) is 8.58. The molecule has 0 heterocycles. The van der Waals surface area contributed by atoms with Gasteiger partial charge in [-0.1, -0.05) is 56.8 Å². The third kappa shape index (κ3) is 5.61. The van der Waals surface area contributed by atoms with Crippen LogP contribution in [-0.2, 0) is 13.0 Å². The van der Waals surface area contributed by atoms with E-state index in [9.17, 15) is 0 Å². The van der Waals surface area contributed by atoms with Gasteiger partial charge in [0.2, 0.25) is 0 Å². The Balaban J connectivity index is 2.62. The van der Waals surface area contributed by atoms with Gasteiger partial charge in [0.05, 0.1) is 4.99 Å². The first-order valence-electron chi connectivity index (χ1n) is 6.74. The number of rotatable bonds is 8. The highest BCUT2D eigenvalue weighted by atomic mass is 32.1. The van der Waals surface area contributed by atoms with Gasteiger partial charge in [0.25, 0.3) is 0 Å². The molecule has 3 heteroatoms. The van der Waals surface area contributed by atoms with Crippen LogP contribution >= 0.6 is 12.2 Å². The molecule has 0 atom stereocenters. The van der Waals surface area contributed by atoms with Crippen LogP contribution in [0.2, 0.25) is 0 Å². The van der Waals surface area contributed by atoms with Gasteiger partial charge in [0.15, 0.2) is 0 Å². The number of thiocarbonyl (C=S) groups is 1. The van der Waals surface area contributed by atoms with Crippen LogP contribution in [-0.4, -0.2) is 23.0 Å². The zero-order valence-electron chi connectivity index (χ0n) is 11.5. The number of hydrogen-bond acceptors (Lipinski definition) is 2. The van der Waals surface area contributed by atoms with Crippen molar-refractivity contribution in [1.82, 2.24) is 4.90 Å². The summed E-state index contributed by atoms with van der Waals surface area (Å²) in [4.78, 5) is 3.04. The summed E-state index contributed by atoms with van der Waals surface area (Å²) in [7, 11) is 0. The second kappa shape index (κ2) is 8.22. The Morgan fingerprint density at radius 3 is 2.61 bits per heavy atom. The molecule has 0 aliphatic rings. The topological polar surface area (TPSA) is 29.3 Å². The summed E-state index contributed by atoms with van der Waals surface area (Å²) >= 11 is 4.96. The second-order valence-corrected chi connectivity index (χ2v) is 5.21. The molecular weight excluding hydrogens is 240 g/mol. The fraction of sp³-hybridized carbons (Fsp3) is 0.533. The van der Waals surface area contributed by atoms with Gasteiger partial charge in [-0.2, -0.15) is 0 Å². The maximum absolute atomic E-state index is 5.59. The summed E-state index contributed by atoms with van der Waals surface area (Å²) in [5, 5.41) is 0. The van der Waals surface area contributed by atoms with E-state index in [0.29, 0.717) is 11.4 Å². The van der Waals surface area contributed by atoms with Gasteiger partial charge < -0.3 is 5.73 Å². The van der Waals surface area contributed by atoms with Crippen LogP contribution in [0.1, 0.15) is 37.8 Å². The Kier molecular flexibility index (Phi) is 6.91. The second-order valence-electron chi connectivity index (χ2n) is 4.69. The molecule has 2 nitrogen and oxygen atoms in total. The smallest absolute Gasteiger partial charge is 0.0771 e. The van der Waals surface area contributed by atoms with Crippen LogP contribution in [0.5, 0.6) is 0 Å². The van der Waals surface area contributed by atoms with E-state index in [1.54, 1.807) is 0 Å². The van der Waals surface area contributed by atoms with Crippen molar-refractivity contribution >= 4 is 17.2 Å². The molecule has 0 aromatic heterocycles. The molecule has 1 aromatic rings. The molecule has 100 valence electrons. The lowest BCUT2D eigenvalue weighted by Gasteiger charge is -2.20. The van der Waals surface area contributed by atoms with Crippen molar-refractivity contribution in [2.45, 2.75) is 39.7 Å². The molecule has 0 spiro atoms. The summed E-state index contributed by atoms with van der Waals surface area (Å²) < 4.78 is 0. The molecule has 2 N–H and O–H groups in total. The van der Waals surface area contributed by atoms with Crippen molar-refractivity contribution in [3.63, 3.8) is 0 Å². The SMILES string of the molecule is CCCCN(CC)Cc1cccc(CC(N)=S)c1. The standard InChI is InChI=1S/C15H24N2S/c1-3-5-9-17(4-2)12-14-8-6-7-13(10-14)11-15(16)18/h6-8,10H,3-5,9,11-12H2,1-2H3,(H2,16,18). The molecule has 0 fully saturated rings. The summed E-state index contributed by atoms with van der Waals surface area (Å²) in [5.74, 6) is 0. The minimum Gasteiger partial charge on any atom is -0.393 e. The van der Waals surface area contributed by atoms with Crippen molar-refractivity contribution in [1.29, 1.82) is 0 Å². The van der Waals surface area contributed by atoms with E-state index in [0.717, 1.165) is 13.1 Å². The number of hydrogen-bond donors (Lipinski definition) is 1. The average molecular weight is 264 g/mol. The predicted molar refractivity (Wildman–Crippen MR) is 82.8 cm³/mol. The van der Waals surface area contributed by atoms with E-state index in [-0.39, 0.29) is 0 Å². The number of nitrogens with two attached hydrogens (primary N) is 1. The first-order valence-corrected chi connectivity index (χ1v) is 7.15. The Morgan fingerprint density at radius 2 is 2.00 bits per heavy atom. The monoisotopic (exact) mass is 264 g/mol. The predicted octanol–water partition coefficient (Wildman–Crippen LogP) is 3.14. The third-order valence-corrected chi connectivity index (χ3v) is 3.20. The lowest BCUT2D eigenvalue weighted by molar-refractivity contribution is 0.275. The molecule has 1 aromatic carbocycles. The van der Waals surface area contributed by atoms with Gasteiger partial charge in [-0.25, -0.2) is 0 Å². The number of nitrogens with zero attached hydrogens (tertiary/aromatic N) is 1. The van der Waals surface area contributed by atoms with Gasteiger partial charge in [-0.3, -0.25) is 4.90 Å². The Labute approximate surface area is 116 Å². The Bertz CT molecular complexity index is 377. The van der Waals surface area contributed by atoms with Crippen LogP contribution in [0, 0.1) is 0 Å².